The summed E-state index contributed by atoms with van der Waals surface area (Å²) in [5, 5.41) is 5.61. The highest BCUT2D eigenvalue weighted by molar-refractivity contribution is 7.11. The number of carbonyl (C=O) groups excluding carboxylic acids is 2. The van der Waals surface area contributed by atoms with Gasteiger partial charge in [-0.3, -0.25) is 9.59 Å². The van der Waals surface area contributed by atoms with Crippen LogP contribution < -0.4 is 10.2 Å². The SMILES string of the molecule is Cc1cccc(N2C(=O)C(Nc3cc(Cl)ccc3C)=C(c3cccs3)C2=O)c1. The molecule has 140 valence electrons. The summed E-state index contributed by atoms with van der Waals surface area (Å²) >= 11 is 7.55. The highest BCUT2D eigenvalue weighted by Crippen LogP contribution is 2.36. The normalized spacial score (nSPS) is 14.2. The average molecular weight is 409 g/mol. The molecule has 0 aliphatic carbocycles. The number of nitrogens with zero attached hydrogens (tertiary/aromatic N) is 1. The number of aryl methyl sites for hydroxylation is 2. The van der Waals surface area contributed by atoms with Crippen molar-refractivity contribution in [1.29, 1.82) is 0 Å². The van der Waals surface area contributed by atoms with Crippen LogP contribution in [0.15, 0.2) is 65.7 Å². The van der Waals surface area contributed by atoms with Crippen LogP contribution in [0.2, 0.25) is 5.02 Å². The van der Waals surface area contributed by atoms with Crippen molar-refractivity contribution in [2.45, 2.75) is 13.8 Å². The molecule has 3 aromatic rings. The van der Waals surface area contributed by atoms with Gasteiger partial charge >= 0.3 is 0 Å². The number of thiophene rings is 1. The molecular weight excluding hydrogens is 392 g/mol. The first-order valence-electron chi connectivity index (χ1n) is 8.72. The lowest BCUT2D eigenvalue weighted by Gasteiger charge is -2.16. The molecule has 1 aromatic heterocycles. The molecule has 28 heavy (non-hydrogen) atoms. The molecule has 4 rings (SSSR count). The van der Waals surface area contributed by atoms with Gasteiger partial charge in [-0.2, -0.15) is 0 Å². The number of halogens is 1. The summed E-state index contributed by atoms with van der Waals surface area (Å²) in [5.74, 6) is -0.710. The van der Waals surface area contributed by atoms with Crippen molar-refractivity contribution < 1.29 is 9.59 Å². The molecule has 0 radical (unpaired) electrons. The second-order valence-electron chi connectivity index (χ2n) is 6.60. The fourth-order valence-corrected chi connectivity index (χ4v) is 4.10. The highest BCUT2D eigenvalue weighted by atomic mass is 35.5. The van der Waals surface area contributed by atoms with Gasteiger partial charge in [-0.15, -0.1) is 11.3 Å². The maximum atomic E-state index is 13.3. The standard InChI is InChI=1S/C22H17ClN2O2S/c1-13-5-3-6-16(11-13)25-21(26)19(18-7-4-10-28-18)20(22(25)27)24-17-12-15(23)9-8-14(17)2/h3-12,24H,1-2H3. The monoisotopic (exact) mass is 408 g/mol. The summed E-state index contributed by atoms with van der Waals surface area (Å²) in [5.41, 5.74) is 3.80. The Morgan fingerprint density at radius 1 is 0.964 bits per heavy atom. The van der Waals surface area contributed by atoms with E-state index in [1.807, 2.05) is 55.6 Å². The van der Waals surface area contributed by atoms with E-state index < -0.39 is 0 Å². The molecule has 1 N–H and O–H groups in total. The summed E-state index contributed by atoms with van der Waals surface area (Å²) < 4.78 is 0. The fraction of sp³-hybridized carbons (Fsp3) is 0.0909. The minimum absolute atomic E-state index is 0.263. The van der Waals surface area contributed by atoms with Crippen molar-refractivity contribution in [3.05, 3.63) is 86.7 Å². The first-order valence-corrected chi connectivity index (χ1v) is 9.98. The molecule has 0 saturated carbocycles. The van der Waals surface area contributed by atoms with Crippen LogP contribution in [0.4, 0.5) is 11.4 Å². The number of benzene rings is 2. The number of hydrogen-bond donors (Lipinski definition) is 1. The Morgan fingerprint density at radius 2 is 1.79 bits per heavy atom. The molecule has 0 bridgehead atoms. The van der Waals surface area contributed by atoms with E-state index in [9.17, 15) is 9.59 Å². The summed E-state index contributed by atoms with van der Waals surface area (Å²) in [6.45, 7) is 3.85. The molecule has 6 heteroatoms. The molecule has 0 spiro atoms. The van der Waals surface area contributed by atoms with Crippen molar-refractivity contribution in [2.75, 3.05) is 10.2 Å². The van der Waals surface area contributed by atoms with Gasteiger partial charge in [-0.25, -0.2) is 4.90 Å². The third-order valence-electron chi connectivity index (χ3n) is 4.57. The average Bonchev–Trinajstić information content (AvgIpc) is 3.25. The third-order valence-corrected chi connectivity index (χ3v) is 5.69. The van der Waals surface area contributed by atoms with E-state index in [4.69, 9.17) is 11.6 Å². The predicted octanol–water partition coefficient (Wildman–Crippen LogP) is 5.41. The van der Waals surface area contributed by atoms with E-state index in [0.717, 1.165) is 16.0 Å². The van der Waals surface area contributed by atoms with Crippen LogP contribution in [0.1, 0.15) is 16.0 Å². The lowest BCUT2D eigenvalue weighted by molar-refractivity contribution is -0.120. The Hall–Kier alpha value is -2.89. The van der Waals surface area contributed by atoms with Crippen LogP contribution in [0, 0.1) is 13.8 Å². The number of nitrogens with one attached hydrogen (secondary N) is 1. The van der Waals surface area contributed by atoms with Gasteiger partial charge in [0.05, 0.1) is 11.3 Å². The Morgan fingerprint density at radius 3 is 2.50 bits per heavy atom. The molecule has 1 aliphatic heterocycles. The van der Waals surface area contributed by atoms with Crippen LogP contribution in [-0.2, 0) is 9.59 Å². The maximum absolute atomic E-state index is 13.3. The molecule has 0 saturated heterocycles. The number of carbonyl (C=O) groups is 2. The summed E-state index contributed by atoms with van der Waals surface area (Å²) in [6.07, 6.45) is 0. The van der Waals surface area contributed by atoms with Crippen molar-refractivity contribution in [3.8, 4) is 0 Å². The van der Waals surface area contributed by atoms with E-state index in [0.29, 0.717) is 22.0 Å². The van der Waals surface area contributed by atoms with Crippen LogP contribution in [-0.4, -0.2) is 11.8 Å². The van der Waals surface area contributed by atoms with E-state index in [-0.39, 0.29) is 17.5 Å². The number of rotatable bonds is 4. The Labute approximate surface area is 172 Å². The number of hydrogen-bond acceptors (Lipinski definition) is 4. The Balaban J connectivity index is 1.83. The van der Waals surface area contributed by atoms with E-state index in [1.54, 1.807) is 18.2 Å². The molecule has 0 fully saturated rings. The summed E-state index contributed by atoms with van der Waals surface area (Å²) in [6, 6.07) is 16.5. The quantitative estimate of drug-likeness (QED) is 0.587. The van der Waals surface area contributed by atoms with Gasteiger partial charge < -0.3 is 5.32 Å². The zero-order valence-electron chi connectivity index (χ0n) is 15.3. The van der Waals surface area contributed by atoms with Crippen molar-refractivity contribution in [1.82, 2.24) is 0 Å². The zero-order chi connectivity index (χ0) is 19.8. The van der Waals surface area contributed by atoms with Gasteiger partial charge in [0.2, 0.25) is 0 Å². The van der Waals surface area contributed by atoms with E-state index in [1.165, 1.54) is 16.2 Å². The van der Waals surface area contributed by atoms with Crippen LogP contribution in [0.5, 0.6) is 0 Å². The van der Waals surface area contributed by atoms with Gasteiger partial charge in [0.1, 0.15) is 5.70 Å². The number of imide groups is 1. The zero-order valence-corrected chi connectivity index (χ0v) is 16.9. The molecule has 0 unspecified atom stereocenters. The van der Waals surface area contributed by atoms with Gasteiger partial charge in [0, 0.05) is 15.6 Å². The topological polar surface area (TPSA) is 49.4 Å². The van der Waals surface area contributed by atoms with Crippen molar-refractivity contribution >= 4 is 51.7 Å². The van der Waals surface area contributed by atoms with Gasteiger partial charge in [-0.05, 0) is 60.7 Å². The van der Waals surface area contributed by atoms with E-state index >= 15 is 0 Å². The van der Waals surface area contributed by atoms with Crippen LogP contribution >= 0.6 is 22.9 Å². The molecule has 0 atom stereocenters. The van der Waals surface area contributed by atoms with Gasteiger partial charge in [0.25, 0.3) is 11.8 Å². The molecule has 2 amide bonds. The minimum atomic E-state index is -0.377. The lowest BCUT2D eigenvalue weighted by Crippen LogP contribution is -2.32. The van der Waals surface area contributed by atoms with Gasteiger partial charge in [-0.1, -0.05) is 35.9 Å². The molecule has 2 heterocycles. The summed E-state index contributed by atoms with van der Waals surface area (Å²) in [4.78, 5) is 28.5. The fourth-order valence-electron chi connectivity index (χ4n) is 3.16. The largest absolute Gasteiger partial charge is 0.350 e. The lowest BCUT2D eigenvalue weighted by atomic mass is 10.1. The molecule has 4 nitrogen and oxygen atoms in total. The van der Waals surface area contributed by atoms with Crippen molar-refractivity contribution in [3.63, 3.8) is 0 Å². The Kier molecular flexibility index (Phi) is 4.79. The smallest absolute Gasteiger partial charge is 0.282 e. The third kappa shape index (κ3) is 3.23. The second-order valence-corrected chi connectivity index (χ2v) is 7.98. The minimum Gasteiger partial charge on any atom is -0.350 e. The molecule has 1 aliphatic rings. The van der Waals surface area contributed by atoms with Crippen LogP contribution in [0.3, 0.4) is 0 Å². The summed E-state index contributed by atoms with van der Waals surface area (Å²) in [7, 11) is 0. The maximum Gasteiger partial charge on any atom is 0.282 e. The Bertz CT molecular complexity index is 1120. The first-order chi connectivity index (χ1) is 13.5. The van der Waals surface area contributed by atoms with Crippen molar-refractivity contribution in [2.24, 2.45) is 0 Å². The van der Waals surface area contributed by atoms with E-state index in [2.05, 4.69) is 5.32 Å². The molecular formula is C22H17ClN2O2S. The van der Waals surface area contributed by atoms with Gasteiger partial charge in [0.15, 0.2) is 0 Å². The van der Waals surface area contributed by atoms with Crippen LogP contribution in [0.25, 0.3) is 5.57 Å². The first kappa shape index (κ1) is 18.5. The predicted molar refractivity (Wildman–Crippen MR) is 115 cm³/mol. The number of anilines is 2. The highest BCUT2D eigenvalue weighted by Gasteiger charge is 2.40. The number of amides is 2. The second kappa shape index (κ2) is 7.26. The molecule has 2 aromatic carbocycles.